The molecule has 7 nitrogen and oxygen atoms in total. The lowest BCUT2D eigenvalue weighted by Crippen LogP contribution is -2.35. The van der Waals surface area contributed by atoms with Crippen LogP contribution in [0, 0.1) is 11.3 Å². The van der Waals surface area contributed by atoms with Crippen molar-refractivity contribution in [2.75, 3.05) is 11.9 Å². The first-order valence-corrected chi connectivity index (χ1v) is 10.6. The third-order valence-electron chi connectivity index (χ3n) is 4.56. The SMILES string of the molecule is CCn1c(=C(C#N)C(=O)NCCc2ccc(O)cc2)sc(=CNc2ccccc2)c1=O. The van der Waals surface area contributed by atoms with E-state index < -0.39 is 5.91 Å². The quantitative estimate of drug-likeness (QED) is 0.523. The average molecular weight is 435 g/mol. The molecule has 0 spiro atoms. The molecule has 0 unspecified atom stereocenters. The van der Waals surface area contributed by atoms with Crippen LogP contribution in [0.3, 0.4) is 0 Å². The van der Waals surface area contributed by atoms with E-state index in [0.717, 1.165) is 22.6 Å². The minimum absolute atomic E-state index is 0.0889. The van der Waals surface area contributed by atoms with Crippen LogP contribution in [0.5, 0.6) is 5.75 Å². The van der Waals surface area contributed by atoms with Crippen molar-refractivity contribution in [2.45, 2.75) is 19.9 Å². The summed E-state index contributed by atoms with van der Waals surface area (Å²) < 4.78 is 2.17. The van der Waals surface area contributed by atoms with E-state index in [-0.39, 0.29) is 16.9 Å². The Balaban J connectivity index is 1.85. The van der Waals surface area contributed by atoms with E-state index in [1.54, 1.807) is 37.4 Å². The number of nitrogens with zero attached hydrogens (tertiary/aromatic N) is 2. The Morgan fingerprint density at radius 3 is 2.55 bits per heavy atom. The number of phenolic OH excluding ortho intramolecular Hbond substituents is 1. The lowest BCUT2D eigenvalue weighted by Gasteiger charge is -2.05. The maximum atomic E-state index is 12.7. The molecule has 0 saturated carbocycles. The second-order valence-electron chi connectivity index (χ2n) is 6.63. The fourth-order valence-corrected chi connectivity index (χ4v) is 4.03. The number of hydrogen-bond acceptors (Lipinski definition) is 6. The molecular formula is C23H22N4O3S. The number of rotatable bonds is 7. The van der Waals surface area contributed by atoms with Crippen molar-refractivity contribution in [3.05, 3.63) is 79.7 Å². The molecule has 1 amide bonds. The first kappa shape index (κ1) is 21.9. The fraction of sp³-hybridized carbons (Fsp3) is 0.174. The first-order chi connectivity index (χ1) is 15.0. The van der Waals surface area contributed by atoms with Gasteiger partial charge in [-0.2, -0.15) is 5.26 Å². The predicted octanol–water partition coefficient (Wildman–Crippen LogP) is 1.52. The number of carbonyl (C=O) groups excluding carboxylic acids is 1. The minimum Gasteiger partial charge on any atom is -0.508 e. The summed E-state index contributed by atoms with van der Waals surface area (Å²) in [6.45, 7) is 2.46. The van der Waals surface area contributed by atoms with E-state index in [0.29, 0.717) is 28.7 Å². The average Bonchev–Trinajstić information content (AvgIpc) is 3.10. The highest BCUT2D eigenvalue weighted by Gasteiger charge is 2.15. The number of nitrogens with one attached hydrogen (secondary N) is 2. The van der Waals surface area contributed by atoms with E-state index in [2.05, 4.69) is 10.6 Å². The monoisotopic (exact) mass is 434 g/mol. The maximum absolute atomic E-state index is 12.7. The summed E-state index contributed by atoms with van der Waals surface area (Å²) >= 11 is 1.11. The molecule has 0 aliphatic rings. The summed E-state index contributed by atoms with van der Waals surface area (Å²) in [5.41, 5.74) is 1.43. The van der Waals surface area contributed by atoms with Gasteiger partial charge in [-0.1, -0.05) is 30.3 Å². The number of phenols is 1. The van der Waals surface area contributed by atoms with Crippen LogP contribution in [0.25, 0.3) is 11.8 Å². The molecule has 0 fully saturated rings. The molecule has 1 heterocycles. The summed E-state index contributed by atoms with van der Waals surface area (Å²) in [5.74, 6) is -0.343. The zero-order valence-electron chi connectivity index (χ0n) is 17.0. The topological polar surface area (TPSA) is 107 Å². The molecule has 3 rings (SSSR count). The van der Waals surface area contributed by atoms with Crippen LogP contribution >= 0.6 is 11.3 Å². The number of carbonyl (C=O) groups is 1. The number of aromatic hydroxyl groups is 1. The number of hydrogen-bond donors (Lipinski definition) is 3. The van der Waals surface area contributed by atoms with Crippen molar-refractivity contribution >= 4 is 34.7 Å². The number of para-hydroxylation sites is 1. The van der Waals surface area contributed by atoms with Crippen molar-refractivity contribution < 1.29 is 9.90 Å². The summed E-state index contributed by atoms with van der Waals surface area (Å²) in [5, 5.41) is 24.8. The Bertz CT molecular complexity index is 1270. The zero-order valence-corrected chi connectivity index (χ0v) is 17.8. The molecule has 0 atom stereocenters. The molecule has 0 radical (unpaired) electrons. The first-order valence-electron chi connectivity index (χ1n) is 9.75. The number of nitriles is 1. The molecule has 0 aliphatic carbocycles. The lowest BCUT2D eigenvalue weighted by atomic mass is 10.1. The van der Waals surface area contributed by atoms with Crippen LogP contribution in [0.2, 0.25) is 0 Å². The zero-order chi connectivity index (χ0) is 22.2. The Morgan fingerprint density at radius 1 is 1.19 bits per heavy atom. The van der Waals surface area contributed by atoms with Crippen molar-refractivity contribution in [3.8, 4) is 11.8 Å². The van der Waals surface area contributed by atoms with E-state index in [1.165, 1.54) is 4.57 Å². The van der Waals surface area contributed by atoms with Gasteiger partial charge in [-0.3, -0.25) is 14.2 Å². The Labute approximate surface area is 183 Å². The van der Waals surface area contributed by atoms with Crippen LogP contribution in [0.4, 0.5) is 5.69 Å². The van der Waals surface area contributed by atoms with Crippen molar-refractivity contribution in [1.82, 2.24) is 9.88 Å². The van der Waals surface area contributed by atoms with Gasteiger partial charge in [0.2, 0.25) is 0 Å². The van der Waals surface area contributed by atoms with Crippen molar-refractivity contribution in [1.29, 1.82) is 5.26 Å². The minimum atomic E-state index is -0.521. The van der Waals surface area contributed by atoms with Gasteiger partial charge in [0.1, 0.15) is 21.0 Å². The van der Waals surface area contributed by atoms with Gasteiger partial charge in [0.05, 0.1) is 0 Å². The third-order valence-corrected chi connectivity index (χ3v) is 5.69. The molecule has 3 aromatic rings. The summed E-state index contributed by atoms with van der Waals surface area (Å²) in [6.07, 6.45) is 2.14. The molecule has 1 aromatic heterocycles. The number of aromatic nitrogens is 1. The molecule has 31 heavy (non-hydrogen) atoms. The second kappa shape index (κ2) is 10.3. The third kappa shape index (κ3) is 5.41. The van der Waals surface area contributed by atoms with Gasteiger partial charge in [-0.05, 0) is 43.2 Å². The van der Waals surface area contributed by atoms with Crippen LogP contribution in [0.15, 0.2) is 59.4 Å². The van der Waals surface area contributed by atoms with Crippen LogP contribution in [0.1, 0.15) is 12.5 Å². The Morgan fingerprint density at radius 2 is 1.90 bits per heavy atom. The van der Waals surface area contributed by atoms with E-state index in [4.69, 9.17) is 0 Å². The summed E-state index contributed by atoms with van der Waals surface area (Å²) in [7, 11) is 0. The molecule has 0 bridgehead atoms. The highest BCUT2D eigenvalue weighted by Crippen LogP contribution is 2.09. The molecule has 8 heteroatoms. The highest BCUT2D eigenvalue weighted by molar-refractivity contribution is 7.07. The van der Waals surface area contributed by atoms with E-state index >= 15 is 0 Å². The standard InChI is InChI=1S/C23H22N4O3S/c1-2-27-22(30)20(15-26-17-6-4-3-5-7-17)31-23(27)19(14-24)21(29)25-13-12-16-8-10-18(28)11-9-16/h3-11,15,26,28H,2,12-13H2,1H3,(H,25,29). The number of amides is 1. The van der Waals surface area contributed by atoms with Gasteiger partial charge in [0, 0.05) is 25.0 Å². The van der Waals surface area contributed by atoms with Crippen LogP contribution in [-0.4, -0.2) is 22.1 Å². The van der Waals surface area contributed by atoms with Crippen molar-refractivity contribution in [2.24, 2.45) is 0 Å². The smallest absolute Gasteiger partial charge is 0.270 e. The highest BCUT2D eigenvalue weighted by atomic mass is 32.1. The fourth-order valence-electron chi connectivity index (χ4n) is 2.94. The van der Waals surface area contributed by atoms with Gasteiger partial charge in [-0.15, -0.1) is 11.3 Å². The summed E-state index contributed by atoms with van der Waals surface area (Å²) in [6, 6.07) is 18.1. The lowest BCUT2D eigenvalue weighted by molar-refractivity contribution is -0.115. The Hall–Kier alpha value is -3.83. The largest absolute Gasteiger partial charge is 0.508 e. The van der Waals surface area contributed by atoms with E-state index in [1.807, 2.05) is 36.4 Å². The number of benzene rings is 2. The van der Waals surface area contributed by atoms with Crippen molar-refractivity contribution in [3.63, 3.8) is 0 Å². The maximum Gasteiger partial charge on any atom is 0.270 e. The van der Waals surface area contributed by atoms with Crippen LogP contribution in [-0.2, 0) is 17.8 Å². The molecule has 0 aliphatic heterocycles. The van der Waals surface area contributed by atoms with Gasteiger partial charge in [0.25, 0.3) is 11.5 Å². The predicted molar refractivity (Wildman–Crippen MR) is 122 cm³/mol. The Kier molecular flexibility index (Phi) is 7.25. The van der Waals surface area contributed by atoms with Gasteiger partial charge >= 0.3 is 0 Å². The summed E-state index contributed by atoms with van der Waals surface area (Å²) in [4.78, 5) is 25.4. The molecule has 3 N–H and O–H groups in total. The molecular weight excluding hydrogens is 412 g/mol. The number of thiazole rings is 1. The van der Waals surface area contributed by atoms with Crippen LogP contribution < -0.4 is 25.4 Å². The molecule has 0 saturated heterocycles. The molecule has 2 aromatic carbocycles. The number of anilines is 1. The van der Waals surface area contributed by atoms with Gasteiger partial charge < -0.3 is 15.7 Å². The second-order valence-corrected chi connectivity index (χ2v) is 7.67. The molecule has 158 valence electrons. The van der Waals surface area contributed by atoms with Gasteiger partial charge in [0.15, 0.2) is 5.57 Å². The van der Waals surface area contributed by atoms with Gasteiger partial charge in [-0.25, -0.2) is 0 Å². The normalized spacial score (nSPS) is 12.2. The van der Waals surface area contributed by atoms with E-state index in [9.17, 15) is 20.0 Å².